The summed E-state index contributed by atoms with van der Waals surface area (Å²) >= 11 is 0. The minimum Gasteiger partial charge on any atom is -0.480 e. The summed E-state index contributed by atoms with van der Waals surface area (Å²) in [5.41, 5.74) is 3.44. The van der Waals surface area contributed by atoms with Crippen LogP contribution in [0.25, 0.3) is 0 Å². The van der Waals surface area contributed by atoms with Gasteiger partial charge in [-0.2, -0.15) is 0 Å². The second-order valence-corrected chi connectivity index (χ2v) is 6.61. The summed E-state index contributed by atoms with van der Waals surface area (Å²) in [7, 11) is 2.07. The number of ether oxygens (including phenoxy) is 1. The lowest BCUT2D eigenvalue weighted by Gasteiger charge is -2.21. The van der Waals surface area contributed by atoms with Crippen LogP contribution in [0.2, 0.25) is 0 Å². The molecule has 0 radical (unpaired) electrons. The molecular formula is C22H30N2O2. The van der Waals surface area contributed by atoms with Crippen molar-refractivity contribution in [2.45, 2.75) is 39.7 Å². The summed E-state index contributed by atoms with van der Waals surface area (Å²) < 4.78 is 5.96. The monoisotopic (exact) mass is 354 g/mol. The largest absolute Gasteiger partial charge is 0.480 e. The average Bonchev–Trinajstić information content (AvgIpc) is 2.66. The van der Waals surface area contributed by atoms with Gasteiger partial charge in [0.2, 0.25) is 0 Å². The van der Waals surface area contributed by atoms with Gasteiger partial charge in [0.25, 0.3) is 5.91 Å². The molecule has 4 heteroatoms. The number of carbonyl (C=O) groups is 1. The van der Waals surface area contributed by atoms with E-state index >= 15 is 0 Å². The predicted molar refractivity (Wildman–Crippen MR) is 108 cm³/mol. The van der Waals surface area contributed by atoms with Gasteiger partial charge >= 0.3 is 0 Å². The first-order chi connectivity index (χ1) is 12.5. The fourth-order valence-electron chi connectivity index (χ4n) is 2.78. The Bertz CT molecular complexity index is 701. The van der Waals surface area contributed by atoms with E-state index in [1.54, 1.807) is 0 Å². The number of anilines is 1. The minimum atomic E-state index is -0.456. The van der Waals surface area contributed by atoms with E-state index in [1.165, 1.54) is 11.3 Å². The molecule has 26 heavy (non-hydrogen) atoms. The molecule has 0 aliphatic heterocycles. The molecule has 1 N–H and O–H groups in total. The molecule has 2 rings (SSSR count). The van der Waals surface area contributed by atoms with Crippen molar-refractivity contribution in [2.75, 3.05) is 25.0 Å². The summed E-state index contributed by atoms with van der Waals surface area (Å²) in [6, 6.07) is 16.2. The van der Waals surface area contributed by atoms with Crippen molar-refractivity contribution >= 4 is 11.6 Å². The van der Waals surface area contributed by atoms with Crippen LogP contribution in [0.1, 0.15) is 30.9 Å². The number of hydrogen-bond donors (Lipinski definition) is 1. The Morgan fingerprint density at radius 1 is 1.12 bits per heavy atom. The summed E-state index contributed by atoms with van der Waals surface area (Å²) in [5, 5.41) is 3.00. The molecule has 0 aliphatic carbocycles. The van der Waals surface area contributed by atoms with E-state index in [2.05, 4.69) is 29.4 Å². The molecule has 0 spiro atoms. The van der Waals surface area contributed by atoms with Gasteiger partial charge in [0, 0.05) is 25.8 Å². The first-order valence-corrected chi connectivity index (χ1v) is 9.29. The molecule has 2 aromatic rings. The van der Waals surface area contributed by atoms with E-state index < -0.39 is 6.10 Å². The van der Waals surface area contributed by atoms with Gasteiger partial charge in [-0.15, -0.1) is 0 Å². The number of para-hydroxylation sites is 1. The van der Waals surface area contributed by atoms with Gasteiger partial charge in [-0.25, -0.2) is 0 Å². The Balaban J connectivity index is 1.79. The van der Waals surface area contributed by atoms with Crippen LogP contribution in [-0.4, -0.2) is 32.1 Å². The zero-order valence-electron chi connectivity index (χ0n) is 16.3. The van der Waals surface area contributed by atoms with Crippen molar-refractivity contribution in [3.8, 4) is 5.75 Å². The molecule has 4 nitrogen and oxygen atoms in total. The fraction of sp³-hybridized carbons (Fsp3) is 0.409. The third-order valence-corrected chi connectivity index (χ3v) is 4.65. The molecule has 0 bridgehead atoms. The number of benzene rings is 2. The van der Waals surface area contributed by atoms with E-state index in [1.807, 2.05) is 57.2 Å². The number of amides is 1. The van der Waals surface area contributed by atoms with Gasteiger partial charge in [-0.3, -0.25) is 4.79 Å². The molecular weight excluding hydrogens is 324 g/mol. The van der Waals surface area contributed by atoms with Gasteiger partial charge in [0.05, 0.1) is 0 Å². The predicted octanol–water partition coefficient (Wildman–Crippen LogP) is 4.10. The molecule has 0 fully saturated rings. The molecule has 0 heterocycles. The SMILES string of the molecule is CCC(Oc1cccc(C)c1C)C(=O)NCCCN(C)c1ccccc1. The van der Waals surface area contributed by atoms with Gasteiger partial charge in [-0.1, -0.05) is 37.3 Å². The van der Waals surface area contributed by atoms with Gasteiger partial charge in [0.15, 0.2) is 6.10 Å². The first kappa shape index (κ1) is 19.8. The van der Waals surface area contributed by atoms with Crippen molar-refractivity contribution < 1.29 is 9.53 Å². The Morgan fingerprint density at radius 2 is 1.85 bits per heavy atom. The van der Waals surface area contributed by atoms with Crippen LogP contribution in [0.15, 0.2) is 48.5 Å². The maximum atomic E-state index is 12.4. The van der Waals surface area contributed by atoms with E-state index in [4.69, 9.17) is 4.74 Å². The number of carbonyl (C=O) groups excluding carboxylic acids is 1. The topological polar surface area (TPSA) is 41.6 Å². The molecule has 0 aliphatic rings. The van der Waals surface area contributed by atoms with Crippen molar-refractivity contribution in [1.82, 2.24) is 5.32 Å². The van der Waals surface area contributed by atoms with Crippen LogP contribution >= 0.6 is 0 Å². The van der Waals surface area contributed by atoms with E-state index in [0.29, 0.717) is 13.0 Å². The number of rotatable bonds is 9. The maximum absolute atomic E-state index is 12.4. The van der Waals surface area contributed by atoms with Crippen LogP contribution < -0.4 is 15.0 Å². The number of nitrogens with one attached hydrogen (secondary N) is 1. The zero-order valence-corrected chi connectivity index (χ0v) is 16.3. The molecule has 0 saturated heterocycles. The lowest BCUT2D eigenvalue weighted by Crippen LogP contribution is -2.39. The number of nitrogens with zero attached hydrogens (tertiary/aromatic N) is 1. The van der Waals surface area contributed by atoms with Crippen molar-refractivity contribution in [3.05, 3.63) is 59.7 Å². The molecule has 1 atom stereocenters. The summed E-state index contributed by atoms with van der Waals surface area (Å²) in [5.74, 6) is 0.742. The fourth-order valence-corrected chi connectivity index (χ4v) is 2.78. The van der Waals surface area contributed by atoms with E-state index in [-0.39, 0.29) is 5.91 Å². The Morgan fingerprint density at radius 3 is 2.54 bits per heavy atom. The van der Waals surface area contributed by atoms with E-state index in [9.17, 15) is 4.79 Å². The molecule has 1 unspecified atom stereocenters. The second kappa shape index (κ2) is 9.85. The first-order valence-electron chi connectivity index (χ1n) is 9.29. The van der Waals surface area contributed by atoms with Crippen LogP contribution in [0.3, 0.4) is 0 Å². The summed E-state index contributed by atoms with van der Waals surface area (Å²) in [6.45, 7) is 7.57. The standard InChI is InChI=1S/C22H30N2O2/c1-5-20(26-21-14-9-11-17(2)18(21)3)22(25)23-15-10-16-24(4)19-12-7-6-8-13-19/h6-9,11-14,20H,5,10,15-16H2,1-4H3,(H,23,25). The smallest absolute Gasteiger partial charge is 0.261 e. The second-order valence-electron chi connectivity index (χ2n) is 6.61. The van der Waals surface area contributed by atoms with Crippen molar-refractivity contribution in [2.24, 2.45) is 0 Å². The zero-order chi connectivity index (χ0) is 18.9. The Labute approximate surface area is 157 Å². The number of hydrogen-bond acceptors (Lipinski definition) is 3. The third kappa shape index (κ3) is 5.51. The summed E-state index contributed by atoms with van der Waals surface area (Å²) in [6.07, 6.45) is 1.07. The van der Waals surface area contributed by atoms with Crippen LogP contribution in [-0.2, 0) is 4.79 Å². The summed E-state index contributed by atoms with van der Waals surface area (Å²) in [4.78, 5) is 14.6. The molecule has 140 valence electrons. The van der Waals surface area contributed by atoms with Crippen molar-refractivity contribution in [3.63, 3.8) is 0 Å². The van der Waals surface area contributed by atoms with Crippen LogP contribution in [0.5, 0.6) is 5.75 Å². The highest BCUT2D eigenvalue weighted by Crippen LogP contribution is 2.22. The molecule has 0 saturated carbocycles. The van der Waals surface area contributed by atoms with Crippen LogP contribution in [0.4, 0.5) is 5.69 Å². The lowest BCUT2D eigenvalue weighted by atomic mass is 10.1. The van der Waals surface area contributed by atoms with Gasteiger partial charge in [-0.05, 0) is 56.0 Å². The molecule has 1 amide bonds. The third-order valence-electron chi connectivity index (χ3n) is 4.65. The number of aryl methyl sites for hydroxylation is 1. The Hall–Kier alpha value is -2.49. The molecule has 2 aromatic carbocycles. The lowest BCUT2D eigenvalue weighted by molar-refractivity contribution is -0.128. The highest BCUT2D eigenvalue weighted by molar-refractivity contribution is 5.81. The minimum absolute atomic E-state index is 0.0456. The van der Waals surface area contributed by atoms with Crippen LogP contribution in [0, 0.1) is 13.8 Å². The maximum Gasteiger partial charge on any atom is 0.261 e. The molecule has 0 aromatic heterocycles. The Kier molecular flexibility index (Phi) is 7.52. The quantitative estimate of drug-likeness (QED) is 0.689. The highest BCUT2D eigenvalue weighted by Gasteiger charge is 2.19. The van der Waals surface area contributed by atoms with Crippen molar-refractivity contribution in [1.29, 1.82) is 0 Å². The highest BCUT2D eigenvalue weighted by atomic mass is 16.5. The average molecular weight is 354 g/mol. The van der Waals surface area contributed by atoms with Gasteiger partial charge in [0.1, 0.15) is 5.75 Å². The normalized spacial score (nSPS) is 11.7. The van der Waals surface area contributed by atoms with E-state index in [0.717, 1.165) is 24.3 Å². The van der Waals surface area contributed by atoms with Gasteiger partial charge < -0.3 is 15.0 Å².